The largest absolute Gasteiger partial charge is 0.397 e. The summed E-state index contributed by atoms with van der Waals surface area (Å²) < 4.78 is 0.883. The van der Waals surface area contributed by atoms with Crippen LogP contribution in [-0.2, 0) is 6.42 Å². The van der Waals surface area contributed by atoms with Crippen molar-refractivity contribution in [2.75, 3.05) is 5.73 Å². The van der Waals surface area contributed by atoms with Crippen LogP contribution in [0, 0.1) is 0 Å². The number of hydrogen-bond donors (Lipinski definition) is 1. The summed E-state index contributed by atoms with van der Waals surface area (Å²) in [4.78, 5) is 4.43. The molecule has 0 unspecified atom stereocenters. The van der Waals surface area contributed by atoms with Crippen LogP contribution in [0.4, 0.5) is 5.69 Å². The van der Waals surface area contributed by atoms with E-state index in [0.29, 0.717) is 0 Å². The molecule has 1 aliphatic carbocycles. The van der Waals surface area contributed by atoms with Crippen molar-refractivity contribution in [3.05, 3.63) is 46.1 Å². The zero-order valence-corrected chi connectivity index (χ0v) is 9.58. The van der Waals surface area contributed by atoms with E-state index in [0.717, 1.165) is 27.8 Å². The number of anilines is 1. The molecule has 2 N–H and O–H groups in total. The Bertz CT molecular complexity index is 549. The third kappa shape index (κ3) is 1.20. The van der Waals surface area contributed by atoms with Crippen molar-refractivity contribution in [3.63, 3.8) is 0 Å². The highest BCUT2D eigenvalue weighted by Gasteiger charge is 2.22. The molecule has 0 atom stereocenters. The number of nitrogens with two attached hydrogens (primary N) is 1. The number of fused-ring (bicyclic) bond motifs is 3. The van der Waals surface area contributed by atoms with Crippen molar-refractivity contribution < 1.29 is 0 Å². The summed E-state index contributed by atoms with van der Waals surface area (Å²) in [6.07, 6.45) is 2.67. The number of aromatic nitrogens is 1. The second-order valence-electron chi connectivity index (χ2n) is 3.68. The summed E-state index contributed by atoms with van der Waals surface area (Å²) in [6.45, 7) is 0. The standard InChI is InChI=1S/C12H9BrN2/c13-10-6-15-12-8-4-2-1-3-7(8)5-9(12)11(10)14/h1-4,6H,5H2,(H2,14,15). The summed E-state index contributed by atoms with van der Waals surface area (Å²) in [5.41, 5.74) is 11.5. The van der Waals surface area contributed by atoms with E-state index in [2.05, 4.69) is 39.1 Å². The Balaban J connectivity index is 2.31. The quantitative estimate of drug-likeness (QED) is 0.675. The fraction of sp³-hybridized carbons (Fsp3) is 0.0833. The predicted octanol–water partition coefficient (Wildman–Crippen LogP) is 3.00. The Kier molecular flexibility index (Phi) is 1.83. The minimum atomic E-state index is 0.816. The molecule has 0 radical (unpaired) electrons. The number of nitrogens with zero attached hydrogens (tertiary/aromatic N) is 1. The van der Waals surface area contributed by atoms with Crippen molar-refractivity contribution in [2.24, 2.45) is 0 Å². The Labute approximate surface area is 96.3 Å². The fourth-order valence-electron chi connectivity index (χ4n) is 2.05. The van der Waals surface area contributed by atoms with E-state index in [-0.39, 0.29) is 0 Å². The van der Waals surface area contributed by atoms with Crippen LogP contribution in [0.3, 0.4) is 0 Å². The van der Waals surface area contributed by atoms with E-state index in [1.54, 1.807) is 6.20 Å². The molecule has 15 heavy (non-hydrogen) atoms. The predicted molar refractivity (Wildman–Crippen MR) is 64.6 cm³/mol. The van der Waals surface area contributed by atoms with Gasteiger partial charge >= 0.3 is 0 Å². The highest BCUT2D eigenvalue weighted by molar-refractivity contribution is 9.10. The van der Waals surface area contributed by atoms with Crippen LogP contribution in [0.15, 0.2) is 34.9 Å². The molecular formula is C12H9BrN2. The third-order valence-electron chi connectivity index (χ3n) is 2.81. The van der Waals surface area contributed by atoms with Crippen molar-refractivity contribution in [1.29, 1.82) is 0 Å². The lowest BCUT2D eigenvalue weighted by Crippen LogP contribution is -1.95. The molecule has 1 aromatic heterocycles. The van der Waals surface area contributed by atoms with Gasteiger partial charge in [0.1, 0.15) is 0 Å². The number of benzene rings is 1. The van der Waals surface area contributed by atoms with Crippen LogP contribution >= 0.6 is 15.9 Å². The van der Waals surface area contributed by atoms with Gasteiger partial charge < -0.3 is 5.73 Å². The van der Waals surface area contributed by atoms with E-state index >= 15 is 0 Å². The van der Waals surface area contributed by atoms with Crippen LogP contribution < -0.4 is 5.73 Å². The highest BCUT2D eigenvalue weighted by Crippen LogP contribution is 2.39. The van der Waals surface area contributed by atoms with Gasteiger partial charge in [0.05, 0.1) is 15.9 Å². The smallest absolute Gasteiger partial charge is 0.0761 e. The lowest BCUT2D eigenvalue weighted by molar-refractivity contribution is 1.22. The molecule has 2 aromatic rings. The summed E-state index contributed by atoms with van der Waals surface area (Å²) in [6, 6.07) is 8.32. The number of rotatable bonds is 0. The van der Waals surface area contributed by atoms with Gasteiger partial charge in [-0.25, -0.2) is 0 Å². The van der Waals surface area contributed by atoms with E-state index in [1.807, 2.05) is 6.07 Å². The summed E-state index contributed by atoms with van der Waals surface area (Å²) in [5.74, 6) is 0. The Morgan fingerprint density at radius 3 is 2.93 bits per heavy atom. The maximum atomic E-state index is 6.03. The van der Waals surface area contributed by atoms with E-state index in [4.69, 9.17) is 5.73 Å². The average Bonchev–Trinajstić information content (AvgIpc) is 2.63. The average molecular weight is 261 g/mol. The Morgan fingerprint density at radius 1 is 1.27 bits per heavy atom. The van der Waals surface area contributed by atoms with Crippen LogP contribution in [-0.4, -0.2) is 4.98 Å². The molecule has 0 spiro atoms. The first-order chi connectivity index (χ1) is 7.27. The van der Waals surface area contributed by atoms with Gasteiger partial charge in [0.2, 0.25) is 0 Å². The van der Waals surface area contributed by atoms with E-state index in [9.17, 15) is 0 Å². The second kappa shape index (κ2) is 3.07. The molecular weight excluding hydrogens is 252 g/mol. The van der Waals surface area contributed by atoms with Crippen LogP contribution in [0.25, 0.3) is 11.3 Å². The van der Waals surface area contributed by atoms with Crippen LogP contribution in [0.2, 0.25) is 0 Å². The molecule has 0 aliphatic heterocycles. The van der Waals surface area contributed by atoms with Crippen molar-refractivity contribution in [1.82, 2.24) is 4.98 Å². The topological polar surface area (TPSA) is 38.9 Å². The van der Waals surface area contributed by atoms with Gasteiger partial charge in [-0.2, -0.15) is 0 Å². The third-order valence-corrected chi connectivity index (χ3v) is 3.45. The molecule has 0 fully saturated rings. The molecule has 2 nitrogen and oxygen atoms in total. The van der Waals surface area contributed by atoms with E-state index in [1.165, 1.54) is 11.1 Å². The molecule has 1 heterocycles. The molecule has 1 aromatic carbocycles. The maximum Gasteiger partial charge on any atom is 0.0761 e. The molecule has 74 valence electrons. The van der Waals surface area contributed by atoms with E-state index < -0.39 is 0 Å². The number of halogens is 1. The Morgan fingerprint density at radius 2 is 2.07 bits per heavy atom. The normalized spacial score (nSPS) is 12.3. The van der Waals surface area contributed by atoms with Gasteiger partial charge in [-0.1, -0.05) is 24.3 Å². The molecule has 3 heteroatoms. The van der Waals surface area contributed by atoms with Gasteiger partial charge in [0, 0.05) is 23.7 Å². The molecule has 0 saturated carbocycles. The second-order valence-corrected chi connectivity index (χ2v) is 4.54. The first-order valence-electron chi connectivity index (χ1n) is 4.78. The van der Waals surface area contributed by atoms with Crippen molar-refractivity contribution in [2.45, 2.75) is 6.42 Å². The van der Waals surface area contributed by atoms with Gasteiger partial charge in [-0.05, 0) is 21.5 Å². The van der Waals surface area contributed by atoms with Crippen LogP contribution in [0.5, 0.6) is 0 Å². The zero-order chi connectivity index (χ0) is 10.4. The van der Waals surface area contributed by atoms with Gasteiger partial charge in [-0.15, -0.1) is 0 Å². The number of pyridine rings is 1. The summed E-state index contributed by atoms with van der Waals surface area (Å²) >= 11 is 3.41. The van der Waals surface area contributed by atoms with Crippen LogP contribution in [0.1, 0.15) is 11.1 Å². The van der Waals surface area contributed by atoms with Gasteiger partial charge in [0.15, 0.2) is 0 Å². The molecule has 1 aliphatic rings. The lowest BCUT2D eigenvalue weighted by Gasteiger charge is -2.04. The summed E-state index contributed by atoms with van der Waals surface area (Å²) in [7, 11) is 0. The fourth-order valence-corrected chi connectivity index (χ4v) is 2.39. The minimum Gasteiger partial charge on any atom is -0.397 e. The first kappa shape index (κ1) is 8.92. The SMILES string of the molecule is Nc1c(Br)cnc2c1Cc1ccccc1-2. The highest BCUT2D eigenvalue weighted by atomic mass is 79.9. The van der Waals surface area contributed by atoms with Crippen molar-refractivity contribution >= 4 is 21.6 Å². The molecule has 0 bridgehead atoms. The molecule has 3 rings (SSSR count). The summed E-state index contributed by atoms with van der Waals surface area (Å²) in [5, 5.41) is 0. The van der Waals surface area contributed by atoms with Crippen molar-refractivity contribution in [3.8, 4) is 11.3 Å². The van der Waals surface area contributed by atoms with Gasteiger partial charge in [0.25, 0.3) is 0 Å². The molecule has 0 saturated heterocycles. The Hall–Kier alpha value is -1.35. The van der Waals surface area contributed by atoms with Gasteiger partial charge in [-0.3, -0.25) is 4.98 Å². The number of hydrogen-bond acceptors (Lipinski definition) is 2. The lowest BCUT2D eigenvalue weighted by atomic mass is 10.1. The monoisotopic (exact) mass is 260 g/mol. The minimum absolute atomic E-state index is 0.816. The maximum absolute atomic E-state index is 6.03. The molecule has 0 amide bonds. The zero-order valence-electron chi connectivity index (χ0n) is 8.00. The first-order valence-corrected chi connectivity index (χ1v) is 5.58. The number of nitrogen functional groups attached to an aromatic ring is 1.